The summed E-state index contributed by atoms with van der Waals surface area (Å²) >= 11 is 1.51. The summed E-state index contributed by atoms with van der Waals surface area (Å²) in [5.74, 6) is 0.446. The maximum atomic E-state index is 12.4. The van der Waals surface area contributed by atoms with E-state index in [1.54, 1.807) is 0 Å². The minimum atomic E-state index is -4.33. The number of hydrogen-bond donors (Lipinski definition) is 1. The Kier molecular flexibility index (Phi) is 4.36. The number of nitrogen functional groups attached to an aromatic ring is 1. The highest BCUT2D eigenvalue weighted by Gasteiger charge is 2.30. The van der Waals surface area contributed by atoms with Crippen molar-refractivity contribution in [3.63, 3.8) is 0 Å². The monoisotopic (exact) mass is 263 g/mol. The lowest BCUT2D eigenvalue weighted by molar-refractivity contribution is -0.137. The van der Waals surface area contributed by atoms with Gasteiger partial charge in [0.25, 0.3) is 0 Å². The Bertz CT molecular complexity index is 388. The summed E-state index contributed by atoms with van der Waals surface area (Å²) in [7, 11) is 0. The van der Waals surface area contributed by atoms with Gasteiger partial charge in [-0.15, -0.1) is 11.8 Å². The van der Waals surface area contributed by atoms with Gasteiger partial charge in [-0.1, -0.05) is 20.8 Å². The van der Waals surface area contributed by atoms with Crippen LogP contribution in [-0.2, 0) is 6.18 Å². The van der Waals surface area contributed by atoms with Gasteiger partial charge in [-0.3, -0.25) is 0 Å². The van der Waals surface area contributed by atoms with E-state index in [1.807, 2.05) is 6.92 Å². The number of benzene rings is 1. The normalized spacial score (nSPS) is 14.1. The third-order valence-corrected chi connectivity index (χ3v) is 4.13. The molecule has 0 aliphatic carbocycles. The molecule has 0 spiro atoms. The fraction of sp³-hybridized carbons (Fsp3) is 0.500. The lowest BCUT2D eigenvalue weighted by Crippen LogP contribution is -2.08. The van der Waals surface area contributed by atoms with Crippen LogP contribution in [0.4, 0.5) is 18.9 Å². The molecule has 0 saturated heterocycles. The Balaban J connectivity index is 2.91. The first-order valence-corrected chi connectivity index (χ1v) is 6.23. The van der Waals surface area contributed by atoms with Gasteiger partial charge in [0.2, 0.25) is 0 Å². The molecule has 1 nitrogen and oxygen atoms in total. The molecule has 0 aliphatic heterocycles. The smallest absolute Gasteiger partial charge is 0.398 e. The predicted molar refractivity (Wildman–Crippen MR) is 66.0 cm³/mol. The Hall–Kier alpha value is -0.840. The van der Waals surface area contributed by atoms with Crippen LogP contribution in [0, 0.1) is 5.92 Å². The molecule has 1 atom stereocenters. The quantitative estimate of drug-likeness (QED) is 0.645. The van der Waals surface area contributed by atoms with E-state index in [0.717, 1.165) is 12.1 Å². The van der Waals surface area contributed by atoms with Gasteiger partial charge in [0.1, 0.15) is 0 Å². The summed E-state index contributed by atoms with van der Waals surface area (Å²) < 4.78 is 37.3. The zero-order valence-electron chi connectivity index (χ0n) is 10.0. The van der Waals surface area contributed by atoms with Gasteiger partial charge < -0.3 is 5.73 Å². The largest absolute Gasteiger partial charge is 0.416 e. The van der Waals surface area contributed by atoms with Gasteiger partial charge in [-0.2, -0.15) is 13.2 Å². The number of anilines is 1. The Labute approximate surface area is 104 Å². The van der Waals surface area contributed by atoms with Gasteiger partial charge in [0, 0.05) is 15.8 Å². The summed E-state index contributed by atoms with van der Waals surface area (Å²) in [6.07, 6.45) is -4.33. The maximum Gasteiger partial charge on any atom is 0.416 e. The number of alkyl halides is 3. The van der Waals surface area contributed by atoms with Crippen LogP contribution in [0.15, 0.2) is 23.1 Å². The van der Waals surface area contributed by atoms with Crippen molar-refractivity contribution in [1.29, 1.82) is 0 Å². The van der Waals surface area contributed by atoms with Crippen LogP contribution in [0.3, 0.4) is 0 Å². The second-order valence-corrected chi connectivity index (χ2v) is 5.74. The molecule has 0 heterocycles. The molecule has 1 aromatic rings. The fourth-order valence-electron chi connectivity index (χ4n) is 1.17. The predicted octanol–water partition coefficient (Wildman–Crippen LogP) is 4.42. The summed E-state index contributed by atoms with van der Waals surface area (Å²) in [6.45, 7) is 6.17. The molecular formula is C12H16F3NS. The molecule has 0 aromatic heterocycles. The molecule has 1 rings (SSSR count). The molecule has 0 amide bonds. The van der Waals surface area contributed by atoms with E-state index < -0.39 is 11.7 Å². The van der Waals surface area contributed by atoms with Crippen LogP contribution in [0.5, 0.6) is 0 Å². The minimum absolute atomic E-state index is 0.192. The van der Waals surface area contributed by atoms with Crippen molar-refractivity contribution in [3.05, 3.63) is 23.8 Å². The molecule has 0 saturated carbocycles. The van der Waals surface area contributed by atoms with Crippen molar-refractivity contribution in [2.24, 2.45) is 5.92 Å². The van der Waals surface area contributed by atoms with Crippen LogP contribution < -0.4 is 5.73 Å². The van der Waals surface area contributed by atoms with Crippen molar-refractivity contribution in [3.8, 4) is 0 Å². The standard InChI is InChI=1S/C12H16F3NS/c1-7(2)8(3)17-11-5-4-9(6-10(11)16)12(13,14)15/h4-8H,16H2,1-3H3. The molecule has 96 valence electrons. The van der Waals surface area contributed by atoms with Gasteiger partial charge >= 0.3 is 6.18 Å². The first-order valence-electron chi connectivity index (χ1n) is 5.35. The van der Waals surface area contributed by atoms with Crippen LogP contribution >= 0.6 is 11.8 Å². The zero-order chi connectivity index (χ0) is 13.2. The molecule has 1 aromatic carbocycles. The summed E-state index contributed by atoms with van der Waals surface area (Å²) in [5, 5.41) is 0.314. The van der Waals surface area contributed by atoms with E-state index >= 15 is 0 Å². The molecule has 17 heavy (non-hydrogen) atoms. The van der Waals surface area contributed by atoms with E-state index in [2.05, 4.69) is 13.8 Å². The lowest BCUT2D eigenvalue weighted by atomic mass is 10.2. The SMILES string of the molecule is CC(C)C(C)Sc1ccc(C(F)(F)F)cc1N. The van der Waals surface area contributed by atoms with E-state index in [1.165, 1.54) is 17.8 Å². The molecule has 2 N–H and O–H groups in total. The molecule has 5 heteroatoms. The first kappa shape index (κ1) is 14.2. The van der Waals surface area contributed by atoms with E-state index in [4.69, 9.17) is 5.73 Å². The van der Waals surface area contributed by atoms with Crippen LogP contribution in [-0.4, -0.2) is 5.25 Å². The van der Waals surface area contributed by atoms with Crippen molar-refractivity contribution in [2.75, 3.05) is 5.73 Å². The van der Waals surface area contributed by atoms with E-state index in [-0.39, 0.29) is 5.69 Å². The van der Waals surface area contributed by atoms with Crippen molar-refractivity contribution >= 4 is 17.4 Å². The zero-order valence-corrected chi connectivity index (χ0v) is 10.8. The maximum absolute atomic E-state index is 12.4. The third-order valence-electron chi connectivity index (χ3n) is 2.59. The highest BCUT2D eigenvalue weighted by molar-refractivity contribution is 8.00. The van der Waals surface area contributed by atoms with Crippen LogP contribution in [0.2, 0.25) is 0 Å². The van der Waals surface area contributed by atoms with Gasteiger partial charge in [-0.05, 0) is 24.1 Å². The van der Waals surface area contributed by atoms with E-state index in [0.29, 0.717) is 16.1 Å². The molecule has 0 fully saturated rings. The van der Waals surface area contributed by atoms with Crippen molar-refractivity contribution in [1.82, 2.24) is 0 Å². The molecule has 0 bridgehead atoms. The lowest BCUT2D eigenvalue weighted by Gasteiger charge is -2.17. The highest BCUT2D eigenvalue weighted by atomic mass is 32.2. The Morgan fingerprint density at radius 2 is 1.76 bits per heavy atom. The second-order valence-electron chi connectivity index (χ2n) is 4.32. The molecular weight excluding hydrogens is 247 g/mol. The number of hydrogen-bond acceptors (Lipinski definition) is 2. The summed E-state index contributed by atoms with van der Waals surface area (Å²) in [4.78, 5) is 0.708. The average molecular weight is 263 g/mol. The molecule has 0 aliphatic rings. The topological polar surface area (TPSA) is 26.0 Å². The highest BCUT2D eigenvalue weighted by Crippen LogP contribution is 2.36. The van der Waals surface area contributed by atoms with Crippen LogP contribution in [0.25, 0.3) is 0 Å². The van der Waals surface area contributed by atoms with Gasteiger partial charge in [-0.25, -0.2) is 0 Å². The second kappa shape index (κ2) is 5.21. The number of rotatable bonds is 3. The number of halogens is 3. The van der Waals surface area contributed by atoms with Crippen molar-refractivity contribution < 1.29 is 13.2 Å². The van der Waals surface area contributed by atoms with Gasteiger partial charge in [0.05, 0.1) is 5.56 Å². The van der Waals surface area contributed by atoms with Crippen LogP contribution in [0.1, 0.15) is 26.3 Å². The number of thioether (sulfide) groups is 1. The third kappa shape index (κ3) is 3.84. The van der Waals surface area contributed by atoms with Gasteiger partial charge in [0.15, 0.2) is 0 Å². The van der Waals surface area contributed by atoms with Crippen molar-refractivity contribution in [2.45, 2.75) is 37.1 Å². The molecule has 0 radical (unpaired) electrons. The number of nitrogens with two attached hydrogens (primary N) is 1. The summed E-state index contributed by atoms with van der Waals surface area (Å²) in [6, 6.07) is 3.52. The fourth-order valence-corrected chi connectivity index (χ4v) is 2.18. The Morgan fingerprint density at radius 3 is 2.18 bits per heavy atom. The Morgan fingerprint density at radius 1 is 1.18 bits per heavy atom. The average Bonchev–Trinajstić information content (AvgIpc) is 2.19. The molecule has 1 unspecified atom stereocenters. The minimum Gasteiger partial charge on any atom is -0.398 e. The first-order chi connectivity index (χ1) is 7.71. The summed E-state index contributed by atoms with van der Waals surface area (Å²) in [5.41, 5.74) is 5.14. The van der Waals surface area contributed by atoms with E-state index in [9.17, 15) is 13.2 Å².